The first kappa shape index (κ1) is 13.0. The molecule has 4 nitrogen and oxygen atoms in total. The number of halogens is 2. The highest BCUT2D eigenvalue weighted by atomic mass is 35.5. The van der Waals surface area contributed by atoms with Crippen LogP contribution in [0.3, 0.4) is 0 Å². The second-order valence-electron chi connectivity index (χ2n) is 2.78. The Bertz CT molecular complexity index is 413. The number of anilines is 1. The van der Waals surface area contributed by atoms with E-state index in [1.807, 2.05) is 0 Å². The highest BCUT2D eigenvalue weighted by Gasteiger charge is 2.07. The molecular formula is C9H10Cl2N4S. The molecule has 0 spiro atoms. The van der Waals surface area contributed by atoms with Gasteiger partial charge in [0.25, 0.3) is 0 Å². The summed E-state index contributed by atoms with van der Waals surface area (Å²) < 4.78 is 0. The van der Waals surface area contributed by atoms with Crippen LogP contribution >= 0.6 is 35.4 Å². The molecule has 0 heterocycles. The van der Waals surface area contributed by atoms with Gasteiger partial charge in [0, 0.05) is 7.05 Å². The number of guanidine groups is 1. The smallest absolute Gasteiger partial charge is 0.194 e. The number of aliphatic imine (C=N–C) groups is 1. The summed E-state index contributed by atoms with van der Waals surface area (Å²) in [7, 11) is 1.55. The number of thiocarbonyl (C=S) groups is 1. The van der Waals surface area contributed by atoms with Gasteiger partial charge in [-0.1, -0.05) is 29.3 Å². The van der Waals surface area contributed by atoms with Crippen LogP contribution in [0.15, 0.2) is 23.2 Å². The zero-order valence-corrected chi connectivity index (χ0v) is 10.7. The lowest BCUT2D eigenvalue weighted by Crippen LogP contribution is -2.39. The number of hydrogen-bond donors (Lipinski definition) is 3. The minimum absolute atomic E-state index is 0.209. The van der Waals surface area contributed by atoms with Crippen molar-refractivity contribution in [2.24, 2.45) is 10.7 Å². The third kappa shape index (κ3) is 3.52. The summed E-state index contributed by atoms with van der Waals surface area (Å²) in [5, 5.41) is 6.73. The predicted octanol–water partition coefficient (Wildman–Crippen LogP) is 2.22. The first-order chi connectivity index (χ1) is 7.54. The van der Waals surface area contributed by atoms with Crippen LogP contribution in [0.1, 0.15) is 0 Å². The second-order valence-corrected chi connectivity index (χ2v) is 4.01. The largest absolute Gasteiger partial charge is 0.370 e. The quantitative estimate of drug-likeness (QED) is 0.418. The van der Waals surface area contributed by atoms with E-state index in [9.17, 15) is 0 Å². The number of rotatable bonds is 1. The molecule has 7 heteroatoms. The van der Waals surface area contributed by atoms with E-state index in [2.05, 4.69) is 15.6 Å². The average molecular weight is 277 g/mol. The number of nitrogens with two attached hydrogens (primary N) is 1. The fourth-order valence-electron chi connectivity index (χ4n) is 0.934. The van der Waals surface area contributed by atoms with Crippen molar-refractivity contribution in [3.05, 3.63) is 28.2 Å². The lowest BCUT2D eigenvalue weighted by Gasteiger charge is -2.12. The minimum Gasteiger partial charge on any atom is -0.370 e. The summed E-state index contributed by atoms with van der Waals surface area (Å²) in [5.74, 6) is 0.209. The minimum atomic E-state index is 0.209. The molecule has 0 radical (unpaired) electrons. The van der Waals surface area contributed by atoms with Gasteiger partial charge in [-0.25, -0.2) is 0 Å². The number of benzene rings is 1. The van der Waals surface area contributed by atoms with Crippen LogP contribution < -0.4 is 16.4 Å². The summed E-state index contributed by atoms with van der Waals surface area (Å²) >= 11 is 16.9. The van der Waals surface area contributed by atoms with Gasteiger partial charge in [0.2, 0.25) is 0 Å². The van der Waals surface area contributed by atoms with Crippen LogP contribution in [0.5, 0.6) is 0 Å². The Morgan fingerprint density at radius 2 is 1.94 bits per heavy atom. The summed E-state index contributed by atoms with van der Waals surface area (Å²) in [4.78, 5) is 3.70. The fourth-order valence-corrected chi connectivity index (χ4v) is 1.63. The van der Waals surface area contributed by atoms with Crippen LogP contribution in [-0.2, 0) is 0 Å². The summed E-state index contributed by atoms with van der Waals surface area (Å²) in [5.41, 5.74) is 5.98. The van der Waals surface area contributed by atoms with Gasteiger partial charge in [-0.2, -0.15) is 0 Å². The van der Waals surface area contributed by atoms with Crippen LogP contribution in [0.4, 0.5) is 5.69 Å². The zero-order chi connectivity index (χ0) is 12.1. The molecule has 0 fully saturated rings. The van der Waals surface area contributed by atoms with Crippen molar-refractivity contribution in [1.82, 2.24) is 5.32 Å². The first-order valence-corrected chi connectivity index (χ1v) is 5.45. The van der Waals surface area contributed by atoms with Gasteiger partial charge < -0.3 is 16.4 Å². The van der Waals surface area contributed by atoms with Crippen molar-refractivity contribution in [1.29, 1.82) is 0 Å². The van der Waals surface area contributed by atoms with Crippen molar-refractivity contribution in [3.63, 3.8) is 0 Å². The van der Waals surface area contributed by atoms with Crippen molar-refractivity contribution in [2.45, 2.75) is 0 Å². The van der Waals surface area contributed by atoms with E-state index >= 15 is 0 Å². The third-order valence-corrected chi connectivity index (χ3v) is 2.52. The molecule has 0 amide bonds. The zero-order valence-electron chi connectivity index (χ0n) is 8.42. The molecule has 0 aliphatic rings. The van der Waals surface area contributed by atoms with Gasteiger partial charge >= 0.3 is 0 Å². The normalized spacial score (nSPS) is 11.1. The van der Waals surface area contributed by atoms with Crippen molar-refractivity contribution in [3.8, 4) is 0 Å². The molecule has 0 atom stereocenters. The summed E-state index contributed by atoms with van der Waals surface area (Å²) in [6.07, 6.45) is 0. The Kier molecular flexibility index (Phi) is 4.79. The van der Waals surface area contributed by atoms with Crippen LogP contribution in [0, 0.1) is 0 Å². The molecule has 1 aromatic rings. The Balaban J connectivity index is 2.77. The molecule has 1 aromatic carbocycles. The Labute approximate surface area is 109 Å². The molecule has 0 bridgehead atoms. The predicted molar refractivity (Wildman–Crippen MR) is 73.4 cm³/mol. The number of hydrogen-bond acceptors (Lipinski definition) is 2. The van der Waals surface area contributed by atoms with E-state index in [1.54, 1.807) is 25.2 Å². The van der Waals surface area contributed by atoms with Crippen molar-refractivity contribution < 1.29 is 0 Å². The Morgan fingerprint density at radius 1 is 1.38 bits per heavy atom. The molecule has 0 aliphatic heterocycles. The van der Waals surface area contributed by atoms with Gasteiger partial charge in [-0.15, -0.1) is 0 Å². The van der Waals surface area contributed by atoms with Crippen LogP contribution in [0.25, 0.3) is 0 Å². The summed E-state index contributed by atoms with van der Waals surface area (Å²) in [6, 6.07) is 5.15. The van der Waals surface area contributed by atoms with Crippen LogP contribution in [0.2, 0.25) is 10.0 Å². The highest BCUT2D eigenvalue weighted by Crippen LogP contribution is 2.29. The number of para-hydroxylation sites is 1. The number of nitrogens with zero attached hydrogens (tertiary/aromatic N) is 1. The van der Waals surface area contributed by atoms with E-state index in [-0.39, 0.29) is 11.1 Å². The van der Waals surface area contributed by atoms with E-state index < -0.39 is 0 Å². The molecule has 0 saturated carbocycles. The van der Waals surface area contributed by atoms with Crippen molar-refractivity contribution >= 4 is 52.2 Å². The lowest BCUT2D eigenvalue weighted by atomic mass is 10.3. The molecule has 86 valence electrons. The lowest BCUT2D eigenvalue weighted by molar-refractivity contribution is 1.26. The SMILES string of the molecule is CN=C(N)NC(=S)Nc1c(Cl)cccc1Cl. The molecule has 16 heavy (non-hydrogen) atoms. The van der Waals surface area contributed by atoms with E-state index in [0.29, 0.717) is 15.7 Å². The van der Waals surface area contributed by atoms with Gasteiger partial charge in [0.05, 0.1) is 15.7 Å². The molecule has 1 rings (SSSR count). The monoisotopic (exact) mass is 276 g/mol. The van der Waals surface area contributed by atoms with Crippen LogP contribution in [-0.4, -0.2) is 18.1 Å². The third-order valence-electron chi connectivity index (χ3n) is 1.68. The van der Waals surface area contributed by atoms with Gasteiger partial charge in [0.15, 0.2) is 11.1 Å². The van der Waals surface area contributed by atoms with Gasteiger partial charge in [-0.05, 0) is 24.4 Å². The van der Waals surface area contributed by atoms with Gasteiger partial charge in [-0.3, -0.25) is 4.99 Å². The highest BCUT2D eigenvalue weighted by molar-refractivity contribution is 7.80. The topological polar surface area (TPSA) is 62.4 Å². The maximum atomic E-state index is 5.95. The molecule has 0 saturated heterocycles. The Hall–Kier alpha value is -1.04. The Morgan fingerprint density at radius 3 is 2.44 bits per heavy atom. The van der Waals surface area contributed by atoms with E-state index in [4.69, 9.17) is 41.2 Å². The van der Waals surface area contributed by atoms with E-state index in [1.165, 1.54) is 0 Å². The van der Waals surface area contributed by atoms with Crippen molar-refractivity contribution in [2.75, 3.05) is 12.4 Å². The van der Waals surface area contributed by atoms with E-state index in [0.717, 1.165) is 0 Å². The summed E-state index contributed by atoms with van der Waals surface area (Å²) in [6.45, 7) is 0. The fraction of sp³-hybridized carbons (Fsp3) is 0.111. The first-order valence-electron chi connectivity index (χ1n) is 4.29. The number of nitrogens with one attached hydrogen (secondary N) is 2. The van der Waals surface area contributed by atoms with Gasteiger partial charge in [0.1, 0.15) is 0 Å². The maximum absolute atomic E-state index is 5.95. The molecular weight excluding hydrogens is 267 g/mol. The molecule has 0 aliphatic carbocycles. The average Bonchev–Trinajstić information content (AvgIpc) is 2.23. The molecule has 0 unspecified atom stereocenters. The second kappa shape index (κ2) is 5.89. The maximum Gasteiger partial charge on any atom is 0.194 e. The molecule has 4 N–H and O–H groups in total. The standard InChI is InChI=1S/C9H10Cl2N4S/c1-13-8(12)15-9(16)14-7-5(10)3-2-4-6(7)11/h2-4H,1H3,(H4,12,13,14,15,16). The molecule has 0 aromatic heterocycles.